The number of amides is 1. The van der Waals surface area contributed by atoms with E-state index in [0.717, 1.165) is 5.56 Å². The van der Waals surface area contributed by atoms with Gasteiger partial charge >= 0.3 is 0 Å². The molecule has 0 aliphatic carbocycles. The fourth-order valence-corrected chi connectivity index (χ4v) is 3.27. The lowest BCUT2D eigenvalue weighted by molar-refractivity contribution is -0.139. The lowest BCUT2D eigenvalue weighted by Gasteiger charge is -2.39. The van der Waals surface area contributed by atoms with Gasteiger partial charge in [-0.15, -0.1) is 0 Å². The van der Waals surface area contributed by atoms with Crippen LogP contribution in [0.5, 0.6) is 0 Å². The molecular formula is C17H21N3O2S. The van der Waals surface area contributed by atoms with E-state index in [4.69, 9.17) is 17.0 Å². The van der Waals surface area contributed by atoms with Crippen LogP contribution in [-0.2, 0) is 9.53 Å². The highest BCUT2D eigenvalue weighted by Gasteiger charge is 2.39. The first-order valence-electron chi connectivity index (χ1n) is 7.75. The Morgan fingerprint density at radius 2 is 1.96 bits per heavy atom. The van der Waals surface area contributed by atoms with Crippen LogP contribution in [0.25, 0.3) is 0 Å². The van der Waals surface area contributed by atoms with Gasteiger partial charge in [-0.25, -0.2) is 0 Å². The summed E-state index contributed by atoms with van der Waals surface area (Å²) in [6.07, 6.45) is 0. The predicted octanol–water partition coefficient (Wildman–Crippen LogP) is 1.50. The smallest absolute Gasteiger partial charge is 0.234 e. The maximum atomic E-state index is 13.0. The van der Waals surface area contributed by atoms with Crippen LogP contribution in [0.4, 0.5) is 0 Å². The van der Waals surface area contributed by atoms with Crippen LogP contribution < -0.4 is 10.6 Å². The first-order valence-corrected chi connectivity index (χ1v) is 8.16. The van der Waals surface area contributed by atoms with Crippen molar-refractivity contribution in [3.8, 4) is 0 Å². The number of thiocarbonyl (C=S) groups is 1. The van der Waals surface area contributed by atoms with E-state index >= 15 is 0 Å². The molecule has 2 heterocycles. The highest BCUT2D eigenvalue weighted by Crippen LogP contribution is 2.31. The largest absolute Gasteiger partial charge is 0.378 e. The molecule has 2 atom stereocenters. The number of rotatable bonds is 2. The topological polar surface area (TPSA) is 53.6 Å². The van der Waals surface area contributed by atoms with Gasteiger partial charge in [-0.1, -0.05) is 36.4 Å². The summed E-state index contributed by atoms with van der Waals surface area (Å²) in [4.78, 5) is 14.9. The Hall–Kier alpha value is -1.92. The fraction of sp³-hybridized carbons (Fsp3) is 0.412. The quantitative estimate of drug-likeness (QED) is 0.805. The van der Waals surface area contributed by atoms with Gasteiger partial charge in [-0.3, -0.25) is 4.79 Å². The predicted molar refractivity (Wildman–Crippen MR) is 92.8 cm³/mol. The number of carbonyl (C=O) groups is 1. The molecule has 2 aliphatic heterocycles. The molecule has 5 nitrogen and oxygen atoms in total. The number of morpholine rings is 1. The van der Waals surface area contributed by atoms with Crippen LogP contribution in [0.15, 0.2) is 36.5 Å². The van der Waals surface area contributed by atoms with Crippen molar-refractivity contribution in [2.24, 2.45) is 5.92 Å². The third-order valence-electron chi connectivity index (χ3n) is 4.29. The molecule has 0 bridgehead atoms. The number of hydrogen-bond acceptors (Lipinski definition) is 3. The molecule has 1 aromatic carbocycles. The van der Waals surface area contributed by atoms with E-state index in [9.17, 15) is 4.79 Å². The minimum absolute atomic E-state index is 0.0615. The van der Waals surface area contributed by atoms with E-state index in [1.54, 1.807) is 0 Å². The zero-order valence-electron chi connectivity index (χ0n) is 13.2. The summed E-state index contributed by atoms with van der Waals surface area (Å²) < 4.78 is 5.34. The second-order valence-electron chi connectivity index (χ2n) is 5.93. The zero-order chi connectivity index (χ0) is 16.4. The molecule has 2 saturated heterocycles. The molecule has 2 N–H and O–H groups in total. The van der Waals surface area contributed by atoms with E-state index in [0.29, 0.717) is 37.1 Å². The second kappa shape index (κ2) is 6.68. The van der Waals surface area contributed by atoms with E-state index < -0.39 is 0 Å². The van der Waals surface area contributed by atoms with Gasteiger partial charge in [0.2, 0.25) is 5.91 Å². The normalized spacial score (nSPS) is 24.8. The molecule has 2 fully saturated rings. The fourth-order valence-electron chi connectivity index (χ4n) is 3.01. The number of benzene rings is 1. The highest BCUT2D eigenvalue weighted by atomic mass is 32.1. The SMILES string of the molecule is C=C1NC(=S)N[C@@H](c2ccc(C)cc2)[C@@H]1C(=O)N1CCOCC1. The van der Waals surface area contributed by atoms with Gasteiger partial charge < -0.3 is 20.3 Å². The zero-order valence-corrected chi connectivity index (χ0v) is 14.0. The Labute approximate surface area is 141 Å². The highest BCUT2D eigenvalue weighted by molar-refractivity contribution is 7.80. The maximum Gasteiger partial charge on any atom is 0.234 e. The van der Waals surface area contributed by atoms with Crippen molar-refractivity contribution in [1.29, 1.82) is 0 Å². The third-order valence-corrected chi connectivity index (χ3v) is 4.51. The van der Waals surface area contributed by atoms with Gasteiger partial charge in [0.1, 0.15) is 5.92 Å². The van der Waals surface area contributed by atoms with Gasteiger partial charge in [0, 0.05) is 18.8 Å². The molecule has 3 rings (SSSR count). The van der Waals surface area contributed by atoms with Gasteiger partial charge in [0.15, 0.2) is 5.11 Å². The van der Waals surface area contributed by atoms with Crippen molar-refractivity contribution < 1.29 is 9.53 Å². The van der Waals surface area contributed by atoms with Crippen LogP contribution in [0, 0.1) is 12.8 Å². The maximum absolute atomic E-state index is 13.0. The van der Waals surface area contributed by atoms with E-state index in [2.05, 4.69) is 17.2 Å². The Balaban J connectivity index is 1.89. The second-order valence-corrected chi connectivity index (χ2v) is 6.34. The average Bonchev–Trinajstić information content (AvgIpc) is 2.55. The number of aryl methyl sites for hydroxylation is 1. The molecule has 0 aromatic heterocycles. The van der Waals surface area contributed by atoms with Crippen LogP contribution in [0.2, 0.25) is 0 Å². The molecule has 0 saturated carbocycles. The molecule has 0 unspecified atom stereocenters. The molecular weight excluding hydrogens is 310 g/mol. The molecule has 0 radical (unpaired) electrons. The van der Waals surface area contributed by atoms with Gasteiger partial charge in [0.05, 0.1) is 19.3 Å². The third kappa shape index (κ3) is 3.38. The summed E-state index contributed by atoms with van der Waals surface area (Å²) in [6.45, 7) is 8.48. The summed E-state index contributed by atoms with van der Waals surface area (Å²) in [6, 6.07) is 7.95. The molecule has 23 heavy (non-hydrogen) atoms. The molecule has 6 heteroatoms. The van der Waals surface area contributed by atoms with E-state index in [1.165, 1.54) is 5.56 Å². The van der Waals surface area contributed by atoms with Gasteiger partial charge in [0.25, 0.3) is 0 Å². The van der Waals surface area contributed by atoms with Crippen LogP contribution >= 0.6 is 12.2 Å². The first kappa shape index (κ1) is 16.0. The summed E-state index contributed by atoms with van der Waals surface area (Å²) in [5.74, 6) is -0.325. The van der Waals surface area contributed by atoms with Crippen LogP contribution in [-0.4, -0.2) is 42.2 Å². The first-order chi connectivity index (χ1) is 11.1. The number of nitrogens with zero attached hydrogens (tertiary/aromatic N) is 1. The summed E-state index contributed by atoms with van der Waals surface area (Å²) in [7, 11) is 0. The Kier molecular flexibility index (Phi) is 4.63. The van der Waals surface area contributed by atoms with E-state index in [1.807, 2.05) is 36.1 Å². The minimum Gasteiger partial charge on any atom is -0.378 e. The van der Waals surface area contributed by atoms with Crippen molar-refractivity contribution in [2.45, 2.75) is 13.0 Å². The number of carbonyl (C=O) groups excluding carboxylic acids is 1. The van der Waals surface area contributed by atoms with Crippen LogP contribution in [0.1, 0.15) is 17.2 Å². The lowest BCUT2D eigenvalue weighted by atomic mass is 9.87. The number of hydrogen-bond donors (Lipinski definition) is 2. The molecule has 1 amide bonds. The summed E-state index contributed by atoms with van der Waals surface area (Å²) in [5, 5.41) is 6.75. The summed E-state index contributed by atoms with van der Waals surface area (Å²) in [5.41, 5.74) is 2.86. The average molecular weight is 331 g/mol. The van der Waals surface area contributed by atoms with Crippen LogP contribution in [0.3, 0.4) is 0 Å². The van der Waals surface area contributed by atoms with Crippen molar-refractivity contribution in [2.75, 3.05) is 26.3 Å². The minimum atomic E-state index is -0.387. The Morgan fingerprint density at radius 3 is 2.61 bits per heavy atom. The standard InChI is InChI=1S/C17H21N3O2S/c1-11-3-5-13(6-4-11)15-14(12(2)18-17(23)19-15)16(21)20-7-9-22-10-8-20/h3-6,14-15H,2,7-10H2,1H3,(H2,18,19,23)/t14-,15+/m1/s1. The Morgan fingerprint density at radius 1 is 1.30 bits per heavy atom. The van der Waals surface area contributed by atoms with Gasteiger partial charge in [-0.2, -0.15) is 0 Å². The Bertz CT molecular complexity index is 623. The monoisotopic (exact) mass is 331 g/mol. The number of nitrogens with one attached hydrogen (secondary N) is 2. The van der Waals surface area contributed by atoms with Crippen molar-refractivity contribution in [3.05, 3.63) is 47.7 Å². The molecule has 1 aromatic rings. The van der Waals surface area contributed by atoms with Crippen molar-refractivity contribution in [3.63, 3.8) is 0 Å². The molecule has 2 aliphatic rings. The van der Waals surface area contributed by atoms with E-state index in [-0.39, 0.29) is 17.9 Å². The molecule has 122 valence electrons. The summed E-state index contributed by atoms with van der Waals surface area (Å²) >= 11 is 5.25. The van der Waals surface area contributed by atoms with Gasteiger partial charge in [-0.05, 0) is 24.7 Å². The van der Waals surface area contributed by atoms with Crippen molar-refractivity contribution in [1.82, 2.24) is 15.5 Å². The lowest BCUT2D eigenvalue weighted by Crippen LogP contribution is -2.55. The van der Waals surface area contributed by atoms with Crippen molar-refractivity contribution >= 4 is 23.2 Å². The number of ether oxygens (including phenoxy) is 1. The molecule has 0 spiro atoms.